The lowest BCUT2D eigenvalue weighted by Crippen LogP contribution is -2.27. The summed E-state index contributed by atoms with van der Waals surface area (Å²) in [6, 6.07) is 8.39. The molecule has 0 aliphatic carbocycles. The van der Waals surface area contributed by atoms with Crippen LogP contribution in [-0.2, 0) is 9.53 Å². The molecule has 0 saturated carbocycles. The minimum Gasteiger partial charge on any atom is -0.492 e. The maximum atomic E-state index is 12.5. The van der Waals surface area contributed by atoms with Crippen molar-refractivity contribution in [2.45, 2.75) is 25.7 Å². The number of benzene rings is 1. The van der Waals surface area contributed by atoms with Crippen LogP contribution in [-0.4, -0.2) is 34.8 Å². The second-order valence-electron chi connectivity index (χ2n) is 5.72. The molecule has 0 bridgehead atoms. The number of rotatable bonds is 6. The van der Waals surface area contributed by atoms with E-state index in [0.29, 0.717) is 28.1 Å². The average Bonchev–Trinajstić information content (AvgIpc) is 3.17. The van der Waals surface area contributed by atoms with Crippen molar-refractivity contribution in [2.75, 3.05) is 24.6 Å². The minimum atomic E-state index is -0.0777. The first-order valence-corrected chi connectivity index (χ1v) is 11.0. The molecule has 1 saturated heterocycles. The lowest BCUT2D eigenvalue weighted by Gasteiger charge is -2.17. The van der Waals surface area contributed by atoms with Crippen molar-refractivity contribution in [1.29, 1.82) is 0 Å². The number of amides is 1. The number of anilines is 1. The molecule has 0 aromatic heterocycles. The third-order valence-corrected chi connectivity index (χ3v) is 6.70. The quantitative estimate of drug-likeness (QED) is 0.361. The number of para-hydroxylation sites is 1. The average molecular weight is 419 g/mol. The molecular formula is C20H22N2O2S3. The Morgan fingerprint density at radius 2 is 1.89 bits per heavy atom. The molecule has 0 atom stereocenters. The Labute approximate surface area is 174 Å². The van der Waals surface area contributed by atoms with Crippen molar-refractivity contribution in [3.63, 3.8) is 0 Å². The van der Waals surface area contributed by atoms with Crippen molar-refractivity contribution in [3.8, 4) is 0 Å². The number of ether oxygens (including phenoxy) is 1. The van der Waals surface area contributed by atoms with Crippen LogP contribution in [0.3, 0.4) is 0 Å². The molecule has 1 aromatic rings. The van der Waals surface area contributed by atoms with Gasteiger partial charge in [-0.2, -0.15) is 0 Å². The number of likely N-dealkylation sites (N-methyl/N-ethyl adjacent to an activating group) is 1. The number of thioether (sulfide) groups is 2. The zero-order valence-corrected chi connectivity index (χ0v) is 18.0. The first-order chi connectivity index (χ1) is 13.1. The Morgan fingerprint density at radius 1 is 1.15 bits per heavy atom. The van der Waals surface area contributed by atoms with E-state index >= 15 is 0 Å². The van der Waals surface area contributed by atoms with Crippen LogP contribution in [0.25, 0.3) is 0 Å². The largest absolute Gasteiger partial charge is 0.492 e. The normalized spacial score (nSPS) is 20.2. The number of thiocarbonyl (C=S) groups is 1. The van der Waals surface area contributed by atoms with Gasteiger partial charge in [-0.05, 0) is 45.1 Å². The number of carbonyl (C=O) groups is 1. The van der Waals surface area contributed by atoms with Crippen LogP contribution in [0.1, 0.15) is 20.8 Å². The van der Waals surface area contributed by atoms with Crippen LogP contribution in [0.5, 0.6) is 0 Å². The van der Waals surface area contributed by atoms with Gasteiger partial charge in [-0.15, -0.1) is 0 Å². The van der Waals surface area contributed by atoms with Crippen LogP contribution in [0.15, 0.2) is 63.1 Å². The standard InChI is InChI=1S/C20H22N2O2S3/c1-4-21-14-10-7-8-12-16(14)26-17(21)13-9-11-15(24-6-3)18-19(23)22(5-2)20(25)27-18/h7-13H,4-6H2,1-3H3. The zero-order chi connectivity index (χ0) is 19.4. The predicted molar refractivity (Wildman–Crippen MR) is 119 cm³/mol. The molecule has 0 radical (unpaired) electrons. The van der Waals surface area contributed by atoms with E-state index in [1.54, 1.807) is 16.7 Å². The van der Waals surface area contributed by atoms with E-state index in [2.05, 4.69) is 42.2 Å². The van der Waals surface area contributed by atoms with Gasteiger partial charge in [0, 0.05) is 18.0 Å². The van der Waals surface area contributed by atoms with Gasteiger partial charge in [-0.1, -0.05) is 54.0 Å². The Kier molecular flexibility index (Phi) is 6.68. The molecular weight excluding hydrogens is 396 g/mol. The summed E-state index contributed by atoms with van der Waals surface area (Å²) < 4.78 is 6.32. The molecule has 7 heteroatoms. The van der Waals surface area contributed by atoms with E-state index in [0.717, 1.165) is 11.6 Å². The van der Waals surface area contributed by atoms with Gasteiger partial charge in [0.25, 0.3) is 5.91 Å². The van der Waals surface area contributed by atoms with Gasteiger partial charge in [-0.25, -0.2) is 0 Å². The van der Waals surface area contributed by atoms with Crippen molar-refractivity contribution in [2.24, 2.45) is 0 Å². The second-order valence-corrected chi connectivity index (χ2v) is 8.43. The third kappa shape index (κ3) is 4.10. The molecule has 0 N–H and O–H groups in total. The topological polar surface area (TPSA) is 32.8 Å². The molecule has 0 spiro atoms. The van der Waals surface area contributed by atoms with E-state index in [-0.39, 0.29) is 5.91 Å². The molecule has 2 aliphatic heterocycles. The molecule has 2 heterocycles. The van der Waals surface area contributed by atoms with Gasteiger partial charge in [0.2, 0.25) is 0 Å². The Bertz CT molecular complexity index is 845. The van der Waals surface area contributed by atoms with Gasteiger partial charge in [0.05, 0.1) is 17.3 Å². The molecule has 27 heavy (non-hydrogen) atoms. The SMILES string of the molecule is CCOC(C=CC=C1Sc2ccccc2N1CC)=C1SC(=S)N(CC)C1=O. The summed E-state index contributed by atoms with van der Waals surface area (Å²) in [6.45, 7) is 7.94. The van der Waals surface area contributed by atoms with Crippen molar-refractivity contribution < 1.29 is 9.53 Å². The maximum Gasteiger partial charge on any atom is 0.269 e. The Morgan fingerprint density at radius 3 is 2.56 bits per heavy atom. The molecule has 1 fully saturated rings. The fourth-order valence-electron chi connectivity index (χ4n) is 2.89. The Balaban J connectivity index is 1.85. The number of allylic oxidation sites excluding steroid dienone is 3. The molecule has 1 amide bonds. The number of carbonyl (C=O) groups excluding carboxylic acids is 1. The molecule has 3 rings (SSSR count). The van der Waals surface area contributed by atoms with E-state index in [4.69, 9.17) is 17.0 Å². The first-order valence-electron chi connectivity index (χ1n) is 8.94. The highest BCUT2D eigenvalue weighted by Gasteiger charge is 2.33. The highest BCUT2D eigenvalue weighted by Crippen LogP contribution is 2.45. The molecule has 4 nitrogen and oxygen atoms in total. The zero-order valence-electron chi connectivity index (χ0n) is 15.6. The van der Waals surface area contributed by atoms with Gasteiger partial charge >= 0.3 is 0 Å². The monoisotopic (exact) mass is 418 g/mol. The smallest absolute Gasteiger partial charge is 0.269 e. The summed E-state index contributed by atoms with van der Waals surface area (Å²) in [6.07, 6.45) is 5.87. The van der Waals surface area contributed by atoms with Crippen LogP contribution in [0.2, 0.25) is 0 Å². The van der Waals surface area contributed by atoms with Crippen molar-refractivity contribution >= 4 is 51.7 Å². The van der Waals surface area contributed by atoms with E-state index in [1.807, 2.05) is 26.0 Å². The van der Waals surface area contributed by atoms with Crippen LogP contribution in [0.4, 0.5) is 5.69 Å². The number of hydrogen-bond donors (Lipinski definition) is 0. The lowest BCUT2D eigenvalue weighted by atomic mass is 10.3. The first kappa shape index (κ1) is 20.0. The van der Waals surface area contributed by atoms with Gasteiger partial charge < -0.3 is 9.64 Å². The van der Waals surface area contributed by atoms with Crippen molar-refractivity contribution in [1.82, 2.24) is 4.90 Å². The fraction of sp³-hybridized carbons (Fsp3) is 0.300. The highest BCUT2D eigenvalue weighted by molar-refractivity contribution is 8.26. The summed E-state index contributed by atoms with van der Waals surface area (Å²) in [4.78, 5) is 18.2. The molecule has 2 aliphatic rings. The molecule has 142 valence electrons. The van der Waals surface area contributed by atoms with E-state index in [9.17, 15) is 4.79 Å². The fourth-order valence-corrected chi connectivity index (χ4v) is 5.41. The summed E-state index contributed by atoms with van der Waals surface area (Å²) in [5.74, 6) is 0.497. The number of hydrogen-bond acceptors (Lipinski definition) is 6. The van der Waals surface area contributed by atoms with Gasteiger partial charge in [0.15, 0.2) is 0 Å². The van der Waals surface area contributed by atoms with Crippen LogP contribution in [0, 0.1) is 0 Å². The van der Waals surface area contributed by atoms with Gasteiger partial charge in [0.1, 0.15) is 15.0 Å². The number of fused-ring (bicyclic) bond motifs is 1. The second kappa shape index (κ2) is 8.99. The lowest BCUT2D eigenvalue weighted by molar-refractivity contribution is -0.122. The van der Waals surface area contributed by atoms with Crippen LogP contribution < -0.4 is 4.90 Å². The van der Waals surface area contributed by atoms with Crippen molar-refractivity contribution in [3.05, 3.63) is 58.2 Å². The summed E-state index contributed by atoms with van der Waals surface area (Å²) in [5.41, 5.74) is 1.23. The third-order valence-electron chi connectivity index (χ3n) is 4.13. The predicted octanol–water partition coefficient (Wildman–Crippen LogP) is 5.14. The van der Waals surface area contributed by atoms with Crippen LogP contribution >= 0.6 is 35.7 Å². The summed E-state index contributed by atoms with van der Waals surface area (Å²) in [7, 11) is 0. The van der Waals surface area contributed by atoms with E-state index < -0.39 is 0 Å². The summed E-state index contributed by atoms with van der Waals surface area (Å²) >= 11 is 8.36. The minimum absolute atomic E-state index is 0.0777. The highest BCUT2D eigenvalue weighted by atomic mass is 32.2. The number of nitrogens with zero attached hydrogens (tertiary/aromatic N) is 2. The maximum absolute atomic E-state index is 12.5. The summed E-state index contributed by atoms with van der Waals surface area (Å²) in [5, 5.41) is 1.16. The molecule has 0 unspecified atom stereocenters. The Hall–Kier alpha value is -1.70. The van der Waals surface area contributed by atoms with E-state index in [1.165, 1.54) is 22.3 Å². The molecule has 1 aromatic carbocycles. The van der Waals surface area contributed by atoms with Gasteiger partial charge in [-0.3, -0.25) is 9.69 Å².